The van der Waals surface area contributed by atoms with Crippen LogP contribution in [0.25, 0.3) is 11.1 Å². The average molecular weight is 437 g/mol. The molecule has 0 aliphatic heterocycles. The number of benzene rings is 3. The summed E-state index contributed by atoms with van der Waals surface area (Å²) in [7, 11) is -4.47. The molecular weight excluding hydrogens is 419 g/mol. The van der Waals surface area contributed by atoms with Crippen LogP contribution in [0.3, 0.4) is 0 Å². The van der Waals surface area contributed by atoms with E-state index in [0.717, 1.165) is 11.1 Å². The Bertz CT molecular complexity index is 1090. The molecule has 3 rings (SSSR count). The van der Waals surface area contributed by atoms with Gasteiger partial charge in [0.15, 0.2) is 0 Å². The molecule has 0 saturated heterocycles. The zero-order valence-corrected chi connectivity index (χ0v) is 19.0. The number of hydrogen-bond donors (Lipinski definition) is 2. The summed E-state index contributed by atoms with van der Waals surface area (Å²) < 4.78 is 38.8. The SMILES string of the molecule is O=S(=O)(O)OCCOc1ccc(N=Nc2cc(-c3ccccc3)ccc2O)cc1.[Na+]. The van der Waals surface area contributed by atoms with Crippen LogP contribution in [-0.4, -0.2) is 31.3 Å². The zero-order chi connectivity index (χ0) is 20.7. The molecule has 0 amide bonds. The van der Waals surface area contributed by atoms with Crippen LogP contribution < -0.4 is 34.3 Å². The van der Waals surface area contributed by atoms with Crippen molar-refractivity contribution in [1.29, 1.82) is 0 Å². The van der Waals surface area contributed by atoms with E-state index < -0.39 is 10.4 Å². The third-order valence-electron chi connectivity index (χ3n) is 3.78. The normalized spacial score (nSPS) is 11.2. The molecule has 0 atom stereocenters. The number of azo groups is 1. The van der Waals surface area contributed by atoms with Crippen LogP contribution in [0.2, 0.25) is 0 Å². The first-order valence-corrected chi connectivity index (χ1v) is 9.92. The number of nitrogens with zero attached hydrogens (tertiary/aromatic N) is 2. The van der Waals surface area contributed by atoms with Gasteiger partial charge in [-0.15, -0.1) is 5.11 Å². The maximum atomic E-state index is 10.4. The molecule has 0 bridgehead atoms. The van der Waals surface area contributed by atoms with Crippen LogP contribution in [0.15, 0.2) is 83.0 Å². The van der Waals surface area contributed by atoms with Crippen molar-refractivity contribution >= 4 is 21.8 Å². The Balaban J connectivity index is 0.00000320. The second-order valence-corrected chi connectivity index (χ2v) is 6.95. The Kier molecular flexibility index (Phi) is 8.97. The van der Waals surface area contributed by atoms with Crippen LogP contribution in [0, 0.1) is 0 Å². The van der Waals surface area contributed by atoms with E-state index in [0.29, 0.717) is 17.1 Å². The average Bonchev–Trinajstić information content (AvgIpc) is 2.71. The number of ether oxygens (including phenoxy) is 1. The van der Waals surface area contributed by atoms with Gasteiger partial charge in [-0.1, -0.05) is 36.4 Å². The topological polar surface area (TPSA) is 118 Å². The largest absolute Gasteiger partial charge is 1.00 e. The van der Waals surface area contributed by atoms with Gasteiger partial charge in [0.2, 0.25) is 0 Å². The van der Waals surface area contributed by atoms with Crippen molar-refractivity contribution < 1.29 is 56.6 Å². The maximum Gasteiger partial charge on any atom is 1.00 e. The second kappa shape index (κ2) is 11.2. The molecule has 0 aliphatic carbocycles. The quantitative estimate of drug-likeness (QED) is 0.240. The van der Waals surface area contributed by atoms with Gasteiger partial charge >= 0.3 is 40.0 Å². The Labute approximate surface area is 196 Å². The summed E-state index contributed by atoms with van der Waals surface area (Å²) in [4.78, 5) is 0. The predicted molar refractivity (Wildman–Crippen MR) is 107 cm³/mol. The van der Waals surface area contributed by atoms with Gasteiger partial charge < -0.3 is 9.84 Å². The van der Waals surface area contributed by atoms with Gasteiger partial charge in [0.1, 0.15) is 30.4 Å². The molecule has 0 aromatic heterocycles. The Hall–Kier alpha value is -2.27. The van der Waals surface area contributed by atoms with Crippen LogP contribution in [0.4, 0.5) is 11.4 Å². The van der Waals surface area contributed by atoms with E-state index >= 15 is 0 Å². The Morgan fingerprint density at radius 2 is 1.53 bits per heavy atom. The minimum atomic E-state index is -4.47. The van der Waals surface area contributed by atoms with E-state index in [-0.39, 0.29) is 48.5 Å². The van der Waals surface area contributed by atoms with Crippen molar-refractivity contribution in [3.8, 4) is 22.6 Å². The van der Waals surface area contributed by atoms with E-state index in [9.17, 15) is 13.5 Å². The summed E-state index contributed by atoms with van der Waals surface area (Å²) >= 11 is 0. The van der Waals surface area contributed by atoms with Crippen molar-refractivity contribution in [3.05, 3.63) is 72.8 Å². The van der Waals surface area contributed by atoms with Gasteiger partial charge in [0.25, 0.3) is 0 Å². The van der Waals surface area contributed by atoms with Gasteiger partial charge in [-0.25, -0.2) is 4.18 Å². The van der Waals surface area contributed by atoms with Crippen molar-refractivity contribution in [2.75, 3.05) is 13.2 Å². The molecule has 3 aromatic carbocycles. The van der Waals surface area contributed by atoms with Crippen LogP contribution in [0.5, 0.6) is 11.5 Å². The molecule has 0 heterocycles. The molecule has 3 aromatic rings. The molecule has 30 heavy (non-hydrogen) atoms. The third-order valence-corrected chi connectivity index (χ3v) is 4.24. The van der Waals surface area contributed by atoms with Crippen molar-refractivity contribution in [2.24, 2.45) is 10.2 Å². The van der Waals surface area contributed by atoms with Gasteiger partial charge in [0, 0.05) is 0 Å². The molecular formula is C20H18N2NaO6S+. The summed E-state index contributed by atoms with van der Waals surface area (Å²) in [6.07, 6.45) is 0. The minimum Gasteiger partial charge on any atom is -0.506 e. The summed E-state index contributed by atoms with van der Waals surface area (Å²) in [5, 5.41) is 18.3. The molecule has 0 fully saturated rings. The number of hydrogen-bond acceptors (Lipinski definition) is 7. The molecule has 0 spiro atoms. The first kappa shape index (κ1) is 24.0. The first-order valence-electron chi connectivity index (χ1n) is 8.55. The van der Waals surface area contributed by atoms with Crippen LogP contribution in [-0.2, 0) is 14.6 Å². The number of phenols is 1. The molecule has 8 nitrogen and oxygen atoms in total. The predicted octanol–water partition coefficient (Wildman–Crippen LogP) is 1.68. The van der Waals surface area contributed by atoms with E-state index in [1.54, 1.807) is 36.4 Å². The van der Waals surface area contributed by atoms with Gasteiger partial charge in [-0.2, -0.15) is 13.5 Å². The molecule has 0 saturated carbocycles. The fourth-order valence-electron chi connectivity index (χ4n) is 2.43. The minimum absolute atomic E-state index is 0. The number of phenolic OH excluding ortho intramolecular Hbond substituents is 1. The maximum absolute atomic E-state index is 10.4. The summed E-state index contributed by atoms with van der Waals surface area (Å²) in [6, 6.07) is 21.4. The van der Waals surface area contributed by atoms with E-state index in [1.165, 1.54) is 0 Å². The van der Waals surface area contributed by atoms with Gasteiger partial charge in [0.05, 0.1) is 5.69 Å². The standard InChI is InChI=1S/C20H18N2O6S.Na/c23-20-11-6-16(15-4-2-1-3-5-15)14-19(20)22-21-17-7-9-18(10-8-17)27-12-13-28-29(24,25)26;/h1-11,14,23H,12-13H2,(H,24,25,26);/q;+1. The van der Waals surface area contributed by atoms with Crippen LogP contribution in [0.1, 0.15) is 0 Å². The smallest absolute Gasteiger partial charge is 0.506 e. The van der Waals surface area contributed by atoms with Crippen molar-refractivity contribution in [2.45, 2.75) is 0 Å². The number of rotatable bonds is 8. The van der Waals surface area contributed by atoms with Crippen molar-refractivity contribution in [3.63, 3.8) is 0 Å². The second-order valence-electron chi connectivity index (χ2n) is 5.86. The number of aromatic hydroxyl groups is 1. The van der Waals surface area contributed by atoms with Crippen molar-refractivity contribution in [1.82, 2.24) is 0 Å². The molecule has 0 unspecified atom stereocenters. The molecule has 150 valence electrons. The third kappa shape index (κ3) is 7.52. The summed E-state index contributed by atoms with van der Waals surface area (Å²) in [5.41, 5.74) is 2.79. The molecule has 0 radical (unpaired) electrons. The Morgan fingerprint density at radius 3 is 2.20 bits per heavy atom. The van der Waals surface area contributed by atoms with Gasteiger partial charge in [-0.05, 0) is 47.5 Å². The van der Waals surface area contributed by atoms with Crippen LogP contribution >= 0.6 is 0 Å². The zero-order valence-electron chi connectivity index (χ0n) is 16.2. The Morgan fingerprint density at radius 1 is 0.833 bits per heavy atom. The molecule has 2 N–H and O–H groups in total. The van der Waals surface area contributed by atoms with E-state index in [1.807, 2.05) is 36.4 Å². The van der Waals surface area contributed by atoms with Gasteiger partial charge in [-0.3, -0.25) is 4.55 Å². The fourth-order valence-corrected chi connectivity index (χ4v) is 2.71. The molecule has 10 heteroatoms. The first-order chi connectivity index (χ1) is 13.9. The van der Waals surface area contributed by atoms with E-state index in [2.05, 4.69) is 14.4 Å². The fraction of sp³-hybridized carbons (Fsp3) is 0.100. The summed E-state index contributed by atoms with van der Waals surface area (Å²) in [5.74, 6) is 0.490. The molecule has 0 aliphatic rings. The summed E-state index contributed by atoms with van der Waals surface area (Å²) in [6.45, 7) is -0.363. The van der Waals surface area contributed by atoms with E-state index in [4.69, 9.17) is 9.29 Å². The monoisotopic (exact) mass is 437 g/mol.